The van der Waals surface area contributed by atoms with Crippen LogP contribution in [-0.4, -0.2) is 13.7 Å². The molecule has 4 heteroatoms. The van der Waals surface area contributed by atoms with Crippen molar-refractivity contribution in [2.75, 3.05) is 13.7 Å². The van der Waals surface area contributed by atoms with E-state index in [1.165, 1.54) is 0 Å². The quantitative estimate of drug-likeness (QED) is 0.835. The van der Waals surface area contributed by atoms with Gasteiger partial charge in [0.15, 0.2) is 0 Å². The third-order valence-corrected chi connectivity index (χ3v) is 4.08. The maximum absolute atomic E-state index is 6.27. The first-order valence-electron chi connectivity index (χ1n) is 6.89. The topological polar surface area (TPSA) is 21.3 Å². The summed E-state index contributed by atoms with van der Waals surface area (Å²) in [5.41, 5.74) is 3.16. The van der Waals surface area contributed by atoms with E-state index in [-0.39, 0.29) is 6.04 Å². The minimum atomic E-state index is -0.0123. The molecule has 0 saturated heterocycles. The smallest absolute Gasteiger partial charge is 0.124 e. The van der Waals surface area contributed by atoms with Gasteiger partial charge >= 0.3 is 0 Å². The highest BCUT2D eigenvalue weighted by molar-refractivity contribution is 6.31. The first kappa shape index (κ1) is 16.2. The predicted molar refractivity (Wildman–Crippen MR) is 89.7 cm³/mol. The van der Waals surface area contributed by atoms with E-state index >= 15 is 0 Å². The molecule has 0 aliphatic heterocycles. The Morgan fingerprint density at radius 3 is 2.52 bits per heavy atom. The third kappa shape index (κ3) is 3.70. The number of ether oxygens (including phenoxy) is 1. The van der Waals surface area contributed by atoms with Gasteiger partial charge in [0.1, 0.15) is 5.75 Å². The molecule has 112 valence electrons. The van der Waals surface area contributed by atoms with Crippen LogP contribution in [0.3, 0.4) is 0 Å². The average molecular weight is 324 g/mol. The molecule has 0 amide bonds. The Morgan fingerprint density at radius 2 is 1.90 bits per heavy atom. The van der Waals surface area contributed by atoms with E-state index < -0.39 is 0 Å². The number of nitrogens with one attached hydrogen (secondary N) is 1. The fraction of sp³-hybridized carbons (Fsp3) is 0.294. The molecule has 0 radical (unpaired) electrons. The van der Waals surface area contributed by atoms with Gasteiger partial charge in [-0.15, -0.1) is 0 Å². The van der Waals surface area contributed by atoms with E-state index in [0.29, 0.717) is 5.02 Å². The molecule has 21 heavy (non-hydrogen) atoms. The monoisotopic (exact) mass is 323 g/mol. The van der Waals surface area contributed by atoms with E-state index in [1.54, 1.807) is 7.11 Å². The number of rotatable bonds is 5. The molecule has 0 aromatic heterocycles. The predicted octanol–water partition coefficient (Wildman–Crippen LogP) is 5.01. The van der Waals surface area contributed by atoms with Crippen LogP contribution in [0, 0.1) is 6.92 Å². The van der Waals surface area contributed by atoms with Gasteiger partial charge < -0.3 is 10.1 Å². The van der Waals surface area contributed by atoms with Crippen molar-refractivity contribution in [3.8, 4) is 5.75 Å². The second-order valence-corrected chi connectivity index (χ2v) is 5.73. The van der Waals surface area contributed by atoms with Gasteiger partial charge in [-0.2, -0.15) is 0 Å². The van der Waals surface area contributed by atoms with E-state index in [0.717, 1.165) is 34.0 Å². The Morgan fingerprint density at radius 1 is 1.14 bits per heavy atom. The summed E-state index contributed by atoms with van der Waals surface area (Å²) < 4.78 is 5.47. The molecule has 0 aliphatic carbocycles. The van der Waals surface area contributed by atoms with Crippen molar-refractivity contribution < 1.29 is 4.74 Å². The molecule has 1 atom stereocenters. The third-order valence-electron chi connectivity index (χ3n) is 3.44. The van der Waals surface area contributed by atoms with E-state index in [2.05, 4.69) is 18.3 Å². The number of aryl methyl sites for hydroxylation is 1. The molecule has 0 heterocycles. The summed E-state index contributed by atoms with van der Waals surface area (Å²) in [4.78, 5) is 0. The summed E-state index contributed by atoms with van der Waals surface area (Å²) >= 11 is 12.4. The minimum absolute atomic E-state index is 0.0123. The van der Waals surface area contributed by atoms with Crippen molar-refractivity contribution in [1.29, 1.82) is 0 Å². The lowest BCUT2D eigenvalue weighted by Gasteiger charge is -2.22. The zero-order chi connectivity index (χ0) is 15.4. The lowest BCUT2D eigenvalue weighted by Crippen LogP contribution is -2.22. The van der Waals surface area contributed by atoms with Crippen molar-refractivity contribution in [2.24, 2.45) is 0 Å². The molecule has 0 bridgehead atoms. The Hall–Kier alpha value is -1.22. The second kappa shape index (κ2) is 7.17. The number of methoxy groups -OCH3 is 1. The standard InChI is InChI=1S/C17H19Cl2NO/c1-4-20-17(12-6-5-11(2)15(19)9-12)14-10-13(18)7-8-16(14)21-3/h5-10,17,20H,4H2,1-3H3. The van der Waals surface area contributed by atoms with Gasteiger partial charge in [0, 0.05) is 15.6 Å². The van der Waals surface area contributed by atoms with Crippen molar-refractivity contribution >= 4 is 23.2 Å². The van der Waals surface area contributed by atoms with Gasteiger partial charge in [0.25, 0.3) is 0 Å². The van der Waals surface area contributed by atoms with Gasteiger partial charge in [-0.1, -0.05) is 42.3 Å². The van der Waals surface area contributed by atoms with E-state index in [4.69, 9.17) is 27.9 Å². The molecule has 0 spiro atoms. The van der Waals surface area contributed by atoms with Gasteiger partial charge in [-0.25, -0.2) is 0 Å². The SMILES string of the molecule is CCNC(c1ccc(C)c(Cl)c1)c1cc(Cl)ccc1OC. The summed E-state index contributed by atoms with van der Waals surface area (Å²) in [6, 6.07) is 11.7. The van der Waals surface area contributed by atoms with Crippen LogP contribution in [0.25, 0.3) is 0 Å². The van der Waals surface area contributed by atoms with Crippen LogP contribution in [0.15, 0.2) is 36.4 Å². The number of hydrogen-bond donors (Lipinski definition) is 1. The van der Waals surface area contributed by atoms with Crippen LogP contribution in [0.1, 0.15) is 29.7 Å². The van der Waals surface area contributed by atoms with Gasteiger partial charge in [0.2, 0.25) is 0 Å². The normalized spacial score (nSPS) is 12.2. The van der Waals surface area contributed by atoms with Crippen LogP contribution in [-0.2, 0) is 0 Å². The fourth-order valence-corrected chi connectivity index (χ4v) is 2.70. The molecule has 2 aromatic rings. The Balaban J connectivity index is 2.52. The van der Waals surface area contributed by atoms with Crippen molar-refractivity contribution in [3.05, 3.63) is 63.1 Å². The number of hydrogen-bond acceptors (Lipinski definition) is 2. The van der Waals surface area contributed by atoms with Crippen LogP contribution in [0.5, 0.6) is 5.75 Å². The van der Waals surface area contributed by atoms with Gasteiger partial charge in [-0.3, -0.25) is 0 Å². The van der Waals surface area contributed by atoms with E-state index in [1.807, 2.05) is 37.3 Å². The fourth-order valence-electron chi connectivity index (χ4n) is 2.33. The highest BCUT2D eigenvalue weighted by atomic mass is 35.5. The molecule has 0 aliphatic rings. The summed E-state index contributed by atoms with van der Waals surface area (Å²) in [6.45, 7) is 4.89. The molecule has 2 nitrogen and oxygen atoms in total. The van der Waals surface area contributed by atoms with Crippen molar-refractivity contribution in [2.45, 2.75) is 19.9 Å². The number of benzene rings is 2. The highest BCUT2D eigenvalue weighted by Crippen LogP contribution is 2.33. The maximum Gasteiger partial charge on any atom is 0.124 e. The Kier molecular flexibility index (Phi) is 5.51. The highest BCUT2D eigenvalue weighted by Gasteiger charge is 2.18. The second-order valence-electron chi connectivity index (χ2n) is 4.89. The molecule has 2 aromatic carbocycles. The summed E-state index contributed by atoms with van der Waals surface area (Å²) in [7, 11) is 1.66. The summed E-state index contributed by atoms with van der Waals surface area (Å²) in [5.74, 6) is 0.807. The average Bonchev–Trinajstić information content (AvgIpc) is 2.48. The first-order chi connectivity index (χ1) is 10.1. The largest absolute Gasteiger partial charge is 0.496 e. The molecule has 2 rings (SSSR count). The van der Waals surface area contributed by atoms with Gasteiger partial charge in [-0.05, 0) is 48.9 Å². The van der Waals surface area contributed by atoms with Crippen molar-refractivity contribution in [3.63, 3.8) is 0 Å². The van der Waals surface area contributed by atoms with Gasteiger partial charge in [0.05, 0.1) is 13.2 Å². The van der Waals surface area contributed by atoms with E-state index in [9.17, 15) is 0 Å². The first-order valence-corrected chi connectivity index (χ1v) is 7.65. The minimum Gasteiger partial charge on any atom is -0.496 e. The summed E-state index contributed by atoms with van der Waals surface area (Å²) in [5, 5.41) is 4.91. The molecular weight excluding hydrogens is 305 g/mol. The lowest BCUT2D eigenvalue weighted by molar-refractivity contribution is 0.404. The molecule has 0 fully saturated rings. The molecular formula is C17H19Cl2NO. The maximum atomic E-state index is 6.27. The molecule has 1 N–H and O–H groups in total. The van der Waals surface area contributed by atoms with Crippen LogP contribution in [0.4, 0.5) is 0 Å². The molecule has 0 saturated carbocycles. The Labute approximate surface area is 136 Å². The lowest BCUT2D eigenvalue weighted by atomic mass is 9.97. The van der Waals surface area contributed by atoms with Crippen molar-refractivity contribution in [1.82, 2.24) is 5.32 Å². The number of halogens is 2. The summed E-state index contributed by atoms with van der Waals surface area (Å²) in [6.07, 6.45) is 0. The Bertz CT molecular complexity index is 628. The zero-order valence-corrected chi connectivity index (χ0v) is 13.9. The van der Waals surface area contributed by atoms with Crippen LogP contribution < -0.4 is 10.1 Å². The zero-order valence-electron chi connectivity index (χ0n) is 12.4. The van der Waals surface area contributed by atoms with Crippen LogP contribution >= 0.6 is 23.2 Å². The molecule has 1 unspecified atom stereocenters. The van der Waals surface area contributed by atoms with Crippen LogP contribution in [0.2, 0.25) is 10.0 Å².